The molecule has 0 spiro atoms. The summed E-state index contributed by atoms with van der Waals surface area (Å²) in [5.74, 6) is 2.55. The topological polar surface area (TPSA) is 43.6 Å². The Hall–Kier alpha value is -1.94. The minimum atomic E-state index is 0.105. The van der Waals surface area contributed by atoms with Gasteiger partial charge < -0.3 is 19.2 Å². The van der Waals surface area contributed by atoms with Gasteiger partial charge in [-0.05, 0) is 37.2 Å². The second kappa shape index (κ2) is 5.59. The van der Waals surface area contributed by atoms with Crippen LogP contribution >= 0.6 is 0 Å². The molecular formula is C16H19NO3. The van der Waals surface area contributed by atoms with Crippen molar-refractivity contribution in [2.75, 3.05) is 19.8 Å². The number of fused-ring (bicyclic) bond motifs is 1. The molecule has 2 aromatic rings. The van der Waals surface area contributed by atoms with Crippen molar-refractivity contribution in [1.82, 2.24) is 5.32 Å². The highest BCUT2D eigenvalue weighted by molar-refractivity contribution is 5.46. The third-order valence-corrected chi connectivity index (χ3v) is 3.39. The molecular weight excluding hydrogens is 254 g/mol. The minimum Gasteiger partial charge on any atom is -0.486 e. The van der Waals surface area contributed by atoms with Crippen LogP contribution in [-0.4, -0.2) is 19.8 Å². The third kappa shape index (κ3) is 2.51. The van der Waals surface area contributed by atoms with Crippen LogP contribution in [-0.2, 0) is 0 Å². The maximum Gasteiger partial charge on any atom is 0.161 e. The van der Waals surface area contributed by atoms with Gasteiger partial charge in [0.05, 0.1) is 12.3 Å². The number of ether oxygens (including phenoxy) is 2. The zero-order valence-corrected chi connectivity index (χ0v) is 11.8. The largest absolute Gasteiger partial charge is 0.486 e. The molecule has 4 nitrogen and oxygen atoms in total. The molecule has 4 heteroatoms. The maximum absolute atomic E-state index is 5.66. The molecule has 1 aromatic heterocycles. The summed E-state index contributed by atoms with van der Waals surface area (Å²) in [4.78, 5) is 0. The smallest absolute Gasteiger partial charge is 0.161 e. The first-order chi connectivity index (χ1) is 9.78. The Labute approximate surface area is 118 Å². The van der Waals surface area contributed by atoms with Crippen LogP contribution in [0.25, 0.3) is 0 Å². The van der Waals surface area contributed by atoms with Crippen LogP contribution in [0, 0.1) is 6.92 Å². The highest BCUT2D eigenvalue weighted by Crippen LogP contribution is 2.34. The summed E-state index contributed by atoms with van der Waals surface area (Å²) in [7, 11) is 0. The summed E-state index contributed by atoms with van der Waals surface area (Å²) in [6.07, 6.45) is 1.81. The summed E-state index contributed by atoms with van der Waals surface area (Å²) < 4.78 is 16.7. The van der Waals surface area contributed by atoms with Crippen molar-refractivity contribution < 1.29 is 13.9 Å². The van der Waals surface area contributed by atoms with Crippen molar-refractivity contribution in [2.24, 2.45) is 0 Å². The van der Waals surface area contributed by atoms with E-state index in [0.29, 0.717) is 13.2 Å². The number of furan rings is 1. The van der Waals surface area contributed by atoms with E-state index in [-0.39, 0.29) is 6.04 Å². The Morgan fingerprint density at radius 3 is 2.60 bits per heavy atom. The Kier molecular flexibility index (Phi) is 3.65. The van der Waals surface area contributed by atoms with Gasteiger partial charge in [0.1, 0.15) is 19.0 Å². The Balaban J connectivity index is 1.95. The molecule has 2 heterocycles. The predicted octanol–water partition coefficient (Wildman–Crippen LogP) is 3.06. The molecule has 0 radical (unpaired) electrons. The lowest BCUT2D eigenvalue weighted by Crippen LogP contribution is -2.22. The summed E-state index contributed by atoms with van der Waals surface area (Å²) in [6, 6.07) is 8.26. The molecule has 106 valence electrons. The normalized spacial score (nSPS) is 15.1. The van der Waals surface area contributed by atoms with Gasteiger partial charge in [-0.3, -0.25) is 0 Å². The fourth-order valence-corrected chi connectivity index (χ4v) is 2.49. The van der Waals surface area contributed by atoms with Gasteiger partial charge in [-0.2, -0.15) is 0 Å². The molecule has 1 atom stereocenters. The molecule has 1 unspecified atom stereocenters. The van der Waals surface area contributed by atoms with E-state index >= 15 is 0 Å². The van der Waals surface area contributed by atoms with Gasteiger partial charge in [0, 0.05) is 5.56 Å². The van der Waals surface area contributed by atoms with Crippen molar-refractivity contribution in [3.05, 3.63) is 47.4 Å². The maximum atomic E-state index is 5.66. The zero-order valence-electron chi connectivity index (χ0n) is 11.8. The van der Waals surface area contributed by atoms with E-state index in [1.54, 1.807) is 6.26 Å². The predicted molar refractivity (Wildman–Crippen MR) is 76.4 cm³/mol. The quantitative estimate of drug-likeness (QED) is 0.929. The monoisotopic (exact) mass is 273 g/mol. The summed E-state index contributed by atoms with van der Waals surface area (Å²) >= 11 is 0. The average molecular weight is 273 g/mol. The lowest BCUT2D eigenvalue weighted by Gasteiger charge is -2.22. The van der Waals surface area contributed by atoms with E-state index in [1.807, 2.05) is 19.1 Å². The molecule has 20 heavy (non-hydrogen) atoms. The van der Waals surface area contributed by atoms with Gasteiger partial charge in [0.25, 0.3) is 0 Å². The van der Waals surface area contributed by atoms with Crippen molar-refractivity contribution in [2.45, 2.75) is 19.9 Å². The third-order valence-electron chi connectivity index (χ3n) is 3.39. The zero-order chi connectivity index (χ0) is 13.9. The van der Waals surface area contributed by atoms with Crippen LogP contribution in [0.2, 0.25) is 0 Å². The first kappa shape index (κ1) is 13.1. The number of benzene rings is 1. The van der Waals surface area contributed by atoms with Crippen molar-refractivity contribution >= 4 is 0 Å². The number of hydrogen-bond donors (Lipinski definition) is 1. The van der Waals surface area contributed by atoms with E-state index in [0.717, 1.165) is 34.9 Å². The van der Waals surface area contributed by atoms with Crippen LogP contribution in [0.4, 0.5) is 0 Å². The SMILES string of the molecule is CCNC(c1coc(C)c1)c1ccc2c(c1)OCCO2. The Morgan fingerprint density at radius 2 is 1.90 bits per heavy atom. The van der Waals surface area contributed by atoms with Gasteiger partial charge in [-0.1, -0.05) is 13.0 Å². The summed E-state index contributed by atoms with van der Waals surface area (Å²) in [6.45, 7) is 6.15. The van der Waals surface area contributed by atoms with Crippen LogP contribution in [0.5, 0.6) is 11.5 Å². The lowest BCUT2D eigenvalue weighted by atomic mass is 10.00. The molecule has 0 bridgehead atoms. The number of rotatable bonds is 4. The van der Waals surface area contributed by atoms with E-state index in [2.05, 4.69) is 24.4 Å². The van der Waals surface area contributed by atoms with E-state index in [9.17, 15) is 0 Å². The molecule has 0 saturated carbocycles. The molecule has 0 fully saturated rings. The molecule has 1 aromatic carbocycles. The van der Waals surface area contributed by atoms with E-state index < -0.39 is 0 Å². The first-order valence-corrected chi connectivity index (χ1v) is 6.96. The highest BCUT2D eigenvalue weighted by atomic mass is 16.6. The second-order valence-corrected chi connectivity index (χ2v) is 4.88. The minimum absolute atomic E-state index is 0.105. The summed E-state index contributed by atoms with van der Waals surface area (Å²) in [5.41, 5.74) is 2.28. The molecule has 1 aliphatic heterocycles. The Bertz CT molecular complexity index is 591. The molecule has 1 aliphatic rings. The molecule has 0 amide bonds. The van der Waals surface area contributed by atoms with E-state index in [4.69, 9.17) is 13.9 Å². The van der Waals surface area contributed by atoms with Crippen molar-refractivity contribution in [3.8, 4) is 11.5 Å². The van der Waals surface area contributed by atoms with Crippen LogP contribution in [0.3, 0.4) is 0 Å². The number of aryl methyl sites for hydroxylation is 1. The second-order valence-electron chi connectivity index (χ2n) is 4.88. The first-order valence-electron chi connectivity index (χ1n) is 6.96. The highest BCUT2D eigenvalue weighted by Gasteiger charge is 2.19. The fourth-order valence-electron chi connectivity index (χ4n) is 2.49. The average Bonchev–Trinajstić information content (AvgIpc) is 2.90. The van der Waals surface area contributed by atoms with Gasteiger partial charge in [0.15, 0.2) is 11.5 Å². The van der Waals surface area contributed by atoms with Crippen molar-refractivity contribution in [1.29, 1.82) is 0 Å². The number of hydrogen-bond acceptors (Lipinski definition) is 4. The Morgan fingerprint density at radius 1 is 1.10 bits per heavy atom. The fraction of sp³-hybridized carbons (Fsp3) is 0.375. The van der Waals surface area contributed by atoms with Gasteiger partial charge >= 0.3 is 0 Å². The van der Waals surface area contributed by atoms with Crippen LogP contribution < -0.4 is 14.8 Å². The molecule has 0 saturated heterocycles. The van der Waals surface area contributed by atoms with Gasteiger partial charge in [0.2, 0.25) is 0 Å². The number of nitrogens with one attached hydrogen (secondary N) is 1. The molecule has 3 rings (SSSR count). The molecule has 0 aliphatic carbocycles. The lowest BCUT2D eigenvalue weighted by molar-refractivity contribution is 0.171. The van der Waals surface area contributed by atoms with Gasteiger partial charge in [-0.25, -0.2) is 0 Å². The van der Waals surface area contributed by atoms with Gasteiger partial charge in [-0.15, -0.1) is 0 Å². The molecule has 1 N–H and O–H groups in total. The standard InChI is InChI=1S/C16H19NO3/c1-3-17-16(13-8-11(2)20-10-13)12-4-5-14-15(9-12)19-7-6-18-14/h4-5,8-10,16-17H,3,6-7H2,1-2H3. The van der Waals surface area contributed by atoms with Crippen LogP contribution in [0.15, 0.2) is 34.9 Å². The summed E-state index contributed by atoms with van der Waals surface area (Å²) in [5, 5.41) is 3.48. The van der Waals surface area contributed by atoms with Crippen molar-refractivity contribution in [3.63, 3.8) is 0 Å². The van der Waals surface area contributed by atoms with Crippen LogP contribution in [0.1, 0.15) is 29.9 Å². The van der Waals surface area contributed by atoms with E-state index in [1.165, 1.54) is 0 Å².